The number of nitrogens with zero attached hydrogens (tertiary/aromatic N) is 1. The molecular weight excluding hydrogens is 312 g/mol. The molecule has 0 aliphatic carbocycles. The van der Waals surface area contributed by atoms with Crippen molar-refractivity contribution in [2.45, 2.75) is 13.8 Å². The zero-order chi connectivity index (χ0) is 17.9. The Hall–Kier alpha value is -3.09. The molecule has 2 rings (SSSR count). The van der Waals surface area contributed by atoms with Crippen LogP contribution < -0.4 is 14.8 Å². The number of nitro groups is 1. The molecule has 0 radical (unpaired) electrons. The fraction of sp³-hybridized carbons (Fsp3) is 0.235. The van der Waals surface area contributed by atoms with Crippen molar-refractivity contribution in [3.8, 4) is 11.5 Å². The lowest BCUT2D eigenvalue weighted by Crippen LogP contribution is -2.15. The summed E-state index contributed by atoms with van der Waals surface area (Å²) in [4.78, 5) is 23.2. The highest BCUT2D eigenvalue weighted by Crippen LogP contribution is 2.33. The zero-order valence-corrected chi connectivity index (χ0v) is 13.9. The molecule has 1 amide bonds. The van der Waals surface area contributed by atoms with Crippen molar-refractivity contribution in [3.05, 3.63) is 57.1 Å². The third kappa shape index (κ3) is 3.29. The molecule has 2 aromatic carbocycles. The maximum atomic E-state index is 12.5. The number of nitrogens with one attached hydrogen (secondary N) is 1. The number of nitro benzene ring substituents is 1. The lowest BCUT2D eigenvalue weighted by molar-refractivity contribution is -0.385. The summed E-state index contributed by atoms with van der Waals surface area (Å²) in [5.41, 5.74) is 1.48. The fourth-order valence-electron chi connectivity index (χ4n) is 2.39. The lowest BCUT2D eigenvalue weighted by atomic mass is 10.1. The highest BCUT2D eigenvalue weighted by Gasteiger charge is 2.23. The Morgan fingerprint density at radius 2 is 1.71 bits per heavy atom. The van der Waals surface area contributed by atoms with E-state index in [1.165, 1.54) is 20.3 Å². The average molecular weight is 330 g/mol. The summed E-state index contributed by atoms with van der Waals surface area (Å²) >= 11 is 0. The number of hydrogen-bond acceptors (Lipinski definition) is 5. The molecule has 0 fully saturated rings. The number of amides is 1. The van der Waals surface area contributed by atoms with E-state index >= 15 is 0 Å². The zero-order valence-electron chi connectivity index (χ0n) is 13.9. The second-order valence-electron chi connectivity index (χ2n) is 5.20. The minimum absolute atomic E-state index is 0.00850. The number of benzene rings is 2. The maximum absolute atomic E-state index is 12.5. The van der Waals surface area contributed by atoms with Crippen LogP contribution in [0, 0.1) is 24.0 Å². The van der Waals surface area contributed by atoms with Crippen LogP contribution in [0.5, 0.6) is 11.5 Å². The second-order valence-corrected chi connectivity index (χ2v) is 5.20. The molecule has 2 aromatic rings. The highest BCUT2D eigenvalue weighted by atomic mass is 16.6. The Bertz CT molecular complexity index is 802. The summed E-state index contributed by atoms with van der Waals surface area (Å²) in [6.07, 6.45) is 0. The largest absolute Gasteiger partial charge is 0.493 e. The molecule has 0 bridgehead atoms. The molecule has 7 heteroatoms. The summed E-state index contributed by atoms with van der Waals surface area (Å²) in [5.74, 6) is 0.437. The number of aryl methyl sites for hydroxylation is 2. The van der Waals surface area contributed by atoms with Gasteiger partial charge in [0.2, 0.25) is 0 Å². The molecule has 0 atom stereocenters. The maximum Gasteiger partial charge on any atom is 0.285 e. The van der Waals surface area contributed by atoms with Crippen LogP contribution in [0.2, 0.25) is 0 Å². The van der Waals surface area contributed by atoms with Crippen LogP contribution in [0.25, 0.3) is 0 Å². The summed E-state index contributed by atoms with van der Waals surface area (Å²) in [6, 6.07) is 7.97. The Balaban J connectivity index is 2.41. The van der Waals surface area contributed by atoms with Crippen LogP contribution in [0.4, 0.5) is 11.4 Å². The standard InChI is InChI=1S/C17H18N2O5/c1-10-6-5-7-12(16(10)19(21)22)17(20)18-13-9-15(24-4)14(23-3)8-11(13)2/h5-9H,1-4H3,(H,18,20). The molecule has 0 spiro atoms. The predicted molar refractivity (Wildman–Crippen MR) is 90.1 cm³/mol. The van der Waals surface area contributed by atoms with Gasteiger partial charge in [-0.3, -0.25) is 14.9 Å². The Morgan fingerprint density at radius 3 is 2.29 bits per heavy atom. The third-order valence-electron chi connectivity index (χ3n) is 3.64. The number of methoxy groups -OCH3 is 2. The van der Waals surface area contributed by atoms with Gasteiger partial charge in [-0.25, -0.2) is 0 Å². The van der Waals surface area contributed by atoms with Gasteiger partial charge in [0.05, 0.1) is 19.1 Å². The number of anilines is 1. The first-order valence-corrected chi connectivity index (χ1v) is 7.17. The smallest absolute Gasteiger partial charge is 0.285 e. The van der Waals surface area contributed by atoms with E-state index < -0.39 is 10.8 Å². The summed E-state index contributed by atoms with van der Waals surface area (Å²) in [5, 5.41) is 13.9. The molecule has 0 unspecified atom stereocenters. The minimum Gasteiger partial charge on any atom is -0.493 e. The van der Waals surface area contributed by atoms with Gasteiger partial charge < -0.3 is 14.8 Å². The summed E-state index contributed by atoms with van der Waals surface area (Å²) in [6.45, 7) is 3.39. The number of hydrogen-bond donors (Lipinski definition) is 1. The molecule has 0 saturated carbocycles. The Morgan fingerprint density at radius 1 is 1.08 bits per heavy atom. The van der Waals surface area contributed by atoms with Crippen LogP contribution in [0.1, 0.15) is 21.5 Å². The molecule has 0 saturated heterocycles. The van der Waals surface area contributed by atoms with E-state index in [4.69, 9.17) is 9.47 Å². The molecule has 0 heterocycles. The molecule has 24 heavy (non-hydrogen) atoms. The molecule has 1 N–H and O–H groups in total. The minimum atomic E-state index is -0.555. The average Bonchev–Trinajstić information content (AvgIpc) is 2.55. The number of carbonyl (C=O) groups is 1. The van der Waals surface area contributed by atoms with Crippen molar-refractivity contribution in [2.75, 3.05) is 19.5 Å². The van der Waals surface area contributed by atoms with Crippen molar-refractivity contribution in [3.63, 3.8) is 0 Å². The topological polar surface area (TPSA) is 90.7 Å². The first kappa shape index (κ1) is 17.3. The van der Waals surface area contributed by atoms with Gasteiger partial charge in [0.15, 0.2) is 11.5 Å². The van der Waals surface area contributed by atoms with Gasteiger partial charge in [0.1, 0.15) is 5.56 Å². The van der Waals surface area contributed by atoms with Gasteiger partial charge in [-0.15, -0.1) is 0 Å². The van der Waals surface area contributed by atoms with Crippen molar-refractivity contribution < 1.29 is 19.2 Å². The molecular formula is C17H18N2O5. The van der Waals surface area contributed by atoms with Crippen molar-refractivity contribution in [1.82, 2.24) is 0 Å². The monoisotopic (exact) mass is 330 g/mol. The van der Waals surface area contributed by atoms with Crippen LogP contribution in [0.3, 0.4) is 0 Å². The van der Waals surface area contributed by atoms with E-state index in [1.807, 2.05) is 0 Å². The van der Waals surface area contributed by atoms with Gasteiger partial charge >= 0.3 is 0 Å². The van der Waals surface area contributed by atoms with E-state index in [-0.39, 0.29) is 11.3 Å². The van der Waals surface area contributed by atoms with Crippen molar-refractivity contribution >= 4 is 17.3 Å². The van der Waals surface area contributed by atoms with E-state index in [2.05, 4.69) is 5.32 Å². The molecule has 0 aromatic heterocycles. The van der Waals surface area contributed by atoms with E-state index in [9.17, 15) is 14.9 Å². The van der Waals surface area contributed by atoms with Crippen molar-refractivity contribution in [1.29, 1.82) is 0 Å². The van der Waals surface area contributed by atoms with Gasteiger partial charge in [-0.05, 0) is 31.5 Å². The quantitative estimate of drug-likeness (QED) is 0.669. The predicted octanol–water partition coefficient (Wildman–Crippen LogP) is 3.48. The second kappa shape index (κ2) is 6.99. The number of para-hydroxylation sites is 1. The first-order chi connectivity index (χ1) is 11.4. The van der Waals surface area contributed by atoms with Crippen molar-refractivity contribution in [2.24, 2.45) is 0 Å². The number of rotatable bonds is 5. The number of carbonyl (C=O) groups excluding carboxylic acids is 1. The van der Waals surface area contributed by atoms with Gasteiger partial charge in [-0.2, -0.15) is 0 Å². The molecule has 0 aliphatic rings. The number of ether oxygens (including phenoxy) is 2. The Kier molecular flexibility index (Phi) is 5.03. The van der Waals surface area contributed by atoms with E-state index in [1.54, 1.807) is 38.1 Å². The lowest BCUT2D eigenvalue weighted by Gasteiger charge is -2.14. The summed E-state index contributed by atoms with van der Waals surface area (Å²) in [7, 11) is 3.01. The van der Waals surface area contributed by atoms with Gasteiger partial charge in [0, 0.05) is 17.3 Å². The van der Waals surface area contributed by atoms with Crippen LogP contribution >= 0.6 is 0 Å². The fourth-order valence-corrected chi connectivity index (χ4v) is 2.39. The van der Waals surface area contributed by atoms with Crippen LogP contribution in [-0.2, 0) is 0 Å². The Labute approximate surface area is 139 Å². The van der Waals surface area contributed by atoms with Gasteiger partial charge in [-0.1, -0.05) is 12.1 Å². The molecule has 0 aliphatic heterocycles. The summed E-state index contributed by atoms with van der Waals surface area (Å²) < 4.78 is 10.4. The highest BCUT2D eigenvalue weighted by molar-refractivity contribution is 6.07. The molecule has 126 valence electrons. The van der Waals surface area contributed by atoms with Crippen LogP contribution in [-0.4, -0.2) is 25.1 Å². The van der Waals surface area contributed by atoms with E-state index in [0.717, 1.165) is 5.56 Å². The first-order valence-electron chi connectivity index (χ1n) is 7.17. The third-order valence-corrected chi connectivity index (χ3v) is 3.64. The normalized spacial score (nSPS) is 10.2. The van der Waals surface area contributed by atoms with E-state index in [0.29, 0.717) is 22.7 Å². The van der Waals surface area contributed by atoms with Gasteiger partial charge in [0.25, 0.3) is 11.6 Å². The SMILES string of the molecule is COc1cc(C)c(NC(=O)c2cccc(C)c2[N+](=O)[O-])cc1OC. The van der Waals surface area contributed by atoms with Crippen LogP contribution in [0.15, 0.2) is 30.3 Å². The molecule has 7 nitrogen and oxygen atoms in total.